The van der Waals surface area contributed by atoms with Crippen LogP contribution in [0.15, 0.2) is 18.2 Å². The molecule has 0 radical (unpaired) electrons. The van der Waals surface area contributed by atoms with Crippen LogP contribution in [0, 0.1) is 6.92 Å². The van der Waals surface area contributed by atoms with Gasteiger partial charge in [0, 0.05) is 5.56 Å². The molecule has 0 saturated carbocycles. The van der Waals surface area contributed by atoms with Gasteiger partial charge in [0.15, 0.2) is 0 Å². The highest BCUT2D eigenvalue weighted by Gasteiger charge is 2.30. The van der Waals surface area contributed by atoms with Crippen LogP contribution in [-0.4, -0.2) is 24.8 Å². The first-order valence-corrected chi connectivity index (χ1v) is 5.94. The largest absolute Gasteiger partial charge is 0.496 e. The molecule has 1 rings (SSSR count). The van der Waals surface area contributed by atoms with Gasteiger partial charge >= 0.3 is 5.97 Å². The summed E-state index contributed by atoms with van der Waals surface area (Å²) in [5, 5.41) is 10.4. The molecular weight excluding hydrogens is 232 g/mol. The molecule has 0 fully saturated rings. The monoisotopic (exact) mass is 252 g/mol. The molecule has 1 atom stereocenters. The van der Waals surface area contributed by atoms with Gasteiger partial charge in [-0.15, -0.1) is 0 Å². The second-order valence-corrected chi connectivity index (χ2v) is 4.46. The van der Waals surface area contributed by atoms with Crippen molar-refractivity contribution in [2.24, 2.45) is 0 Å². The quantitative estimate of drug-likeness (QED) is 0.816. The number of rotatable bonds is 5. The van der Waals surface area contributed by atoms with Crippen molar-refractivity contribution < 1.29 is 19.4 Å². The molecule has 1 unspecified atom stereocenters. The molecule has 0 aliphatic carbocycles. The van der Waals surface area contributed by atoms with E-state index in [1.54, 1.807) is 19.9 Å². The highest BCUT2D eigenvalue weighted by atomic mass is 16.5. The Morgan fingerprint density at radius 2 is 2.11 bits per heavy atom. The van der Waals surface area contributed by atoms with Gasteiger partial charge in [-0.05, 0) is 32.9 Å². The third kappa shape index (κ3) is 3.47. The number of aryl methyl sites for hydroxylation is 1. The number of esters is 1. The first-order chi connectivity index (χ1) is 8.40. The molecule has 1 aromatic rings. The summed E-state index contributed by atoms with van der Waals surface area (Å²) in [6, 6.07) is 5.49. The van der Waals surface area contributed by atoms with Crippen LogP contribution < -0.4 is 4.74 Å². The second kappa shape index (κ2) is 5.87. The zero-order valence-electron chi connectivity index (χ0n) is 11.3. The molecule has 0 aromatic heterocycles. The summed E-state index contributed by atoms with van der Waals surface area (Å²) in [4.78, 5) is 11.5. The summed E-state index contributed by atoms with van der Waals surface area (Å²) in [6.45, 7) is 5.55. The standard InChI is InChI=1S/C14H20O4/c1-5-18-13(15)9-14(3,16)11-8-10(2)6-7-12(11)17-4/h6-8,16H,5,9H2,1-4H3. The van der Waals surface area contributed by atoms with E-state index in [0.717, 1.165) is 5.56 Å². The summed E-state index contributed by atoms with van der Waals surface area (Å²) in [5.41, 5.74) is 0.289. The number of carbonyl (C=O) groups excluding carboxylic acids is 1. The molecule has 100 valence electrons. The molecule has 1 N–H and O–H groups in total. The minimum Gasteiger partial charge on any atom is -0.496 e. The molecule has 0 aliphatic heterocycles. The van der Waals surface area contributed by atoms with Gasteiger partial charge in [0.05, 0.1) is 20.1 Å². The van der Waals surface area contributed by atoms with Gasteiger partial charge in [0.1, 0.15) is 11.4 Å². The summed E-state index contributed by atoms with van der Waals surface area (Å²) in [5.74, 6) is 0.140. The lowest BCUT2D eigenvalue weighted by Crippen LogP contribution is -2.27. The zero-order valence-corrected chi connectivity index (χ0v) is 11.3. The Morgan fingerprint density at radius 3 is 2.67 bits per heavy atom. The molecule has 4 nitrogen and oxygen atoms in total. The number of hydrogen-bond donors (Lipinski definition) is 1. The van der Waals surface area contributed by atoms with E-state index in [9.17, 15) is 9.90 Å². The van der Waals surface area contributed by atoms with Crippen molar-refractivity contribution in [2.75, 3.05) is 13.7 Å². The SMILES string of the molecule is CCOC(=O)CC(C)(O)c1cc(C)ccc1OC. The molecule has 4 heteroatoms. The van der Waals surface area contributed by atoms with Crippen molar-refractivity contribution in [1.29, 1.82) is 0 Å². The van der Waals surface area contributed by atoms with E-state index in [1.165, 1.54) is 7.11 Å². The maximum Gasteiger partial charge on any atom is 0.309 e. The van der Waals surface area contributed by atoms with Gasteiger partial charge in [-0.1, -0.05) is 11.6 Å². The average Bonchev–Trinajstić information content (AvgIpc) is 2.28. The number of benzene rings is 1. The van der Waals surface area contributed by atoms with E-state index < -0.39 is 11.6 Å². The Balaban J connectivity index is 3.02. The van der Waals surface area contributed by atoms with Gasteiger partial charge in [-0.25, -0.2) is 0 Å². The molecular formula is C14H20O4. The highest BCUT2D eigenvalue weighted by molar-refractivity contribution is 5.71. The Labute approximate surface area is 108 Å². The molecule has 0 spiro atoms. The van der Waals surface area contributed by atoms with E-state index in [2.05, 4.69) is 0 Å². The summed E-state index contributed by atoms with van der Waals surface area (Å²) in [7, 11) is 1.54. The Hall–Kier alpha value is -1.55. The lowest BCUT2D eigenvalue weighted by atomic mass is 9.90. The highest BCUT2D eigenvalue weighted by Crippen LogP contribution is 2.33. The molecule has 0 saturated heterocycles. The fourth-order valence-electron chi connectivity index (χ4n) is 1.83. The molecule has 0 heterocycles. The Morgan fingerprint density at radius 1 is 1.44 bits per heavy atom. The topological polar surface area (TPSA) is 55.8 Å². The normalized spacial score (nSPS) is 13.8. The van der Waals surface area contributed by atoms with Crippen LogP contribution in [-0.2, 0) is 15.1 Å². The van der Waals surface area contributed by atoms with E-state index in [4.69, 9.17) is 9.47 Å². The minimum absolute atomic E-state index is 0.0966. The van der Waals surface area contributed by atoms with E-state index in [0.29, 0.717) is 17.9 Å². The van der Waals surface area contributed by atoms with Crippen LogP contribution in [0.5, 0.6) is 5.75 Å². The number of ether oxygens (including phenoxy) is 2. The predicted molar refractivity (Wildman–Crippen MR) is 68.6 cm³/mol. The van der Waals surface area contributed by atoms with Gasteiger partial charge in [0.2, 0.25) is 0 Å². The van der Waals surface area contributed by atoms with Crippen LogP contribution in [0.3, 0.4) is 0 Å². The van der Waals surface area contributed by atoms with E-state index in [1.807, 2.05) is 19.1 Å². The van der Waals surface area contributed by atoms with Crippen LogP contribution >= 0.6 is 0 Å². The molecule has 0 aliphatic rings. The fraction of sp³-hybridized carbons (Fsp3) is 0.500. The average molecular weight is 252 g/mol. The lowest BCUT2D eigenvalue weighted by Gasteiger charge is -2.25. The summed E-state index contributed by atoms with van der Waals surface area (Å²) in [6.07, 6.45) is -0.0966. The second-order valence-electron chi connectivity index (χ2n) is 4.46. The third-order valence-electron chi connectivity index (χ3n) is 2.73. The Bertz CT molecular complexity index is 424. The lowest BCUT2D eigenvalue weighted by molar-refractivity contribution is -0.148. The summed E-state index contributed by atoms with van der Waals surface area (Å²) < 4.78 is 10.1. The van der Waals surface area contributed by atoms with Crippen LogP contribution in [0.25, 0.3) is 0 Å². The maximum atomic E-state index is 11.5. The van der Waals surface area contributed by atoms with Crippen molar-refractivity contribution >= 4 is 5.97 Å². The number of hydrogen-bond acceptors (Lipinski definition) is 4. The van der Waals surface area contributed by atoms with Gasteiger partial charge in [0.25, 0.3) is 0 Å². The molecule has 0 bridgehead atoms. The van der Waals surface area contributed by atoms with Gasteiger partial charge in [-0.2, -0.15) is 0 Å². The van der Waals surface area contributed by atoms with E-state index >= 15 is 0 Å². The van der Waals surface area contributed by atoms with Crippen LogP contribution in [0.1, 0.15) is 31.4 Å². The third-order valence-corrected chi connectivity index (χ3v) is 2.73. The van der Waals surface area contributed by atoms with Crippen LogP contribution in [0.2, 0.25) is 0 Å². The predicted octanol–water partition coefficient (Wildman–Crippen LogP) is 2.16. The number of methoxy groups -OCH3 is 1. The first-order valence-electron chi connectivity index (χ1n) is 5.94. The minimum atomic E-state index is -1.30. The number of carbonyl (C=O) groups is 1. The fourth-order valence-corrected chi connectivity index (χ4v) is 1.83. The summed E-state index contributed by atoms with van der Waals surface area (Å²) >= 11 is 0. The smallest absolute Gasteiger partial charge is 0.309 e. The Kier molecular flexibility index (Phi) is 4.73. The zero-order chi connectivity index (χ0) is 13.8. The van der Waals surface area contributed by atoms with Crippen molar-refractivity contribution in [1.82, 2.24) is 0 Å². The first kappa shape index (κ1) is 14.5. The van der Waals surface area contributed by atoms with Crippen molar-refractivity contribution in [2.45, 2.75) is 32.8 Å². The van der Waals surface area contributed by atoms with Crippen molar-refractivity contribution in [3.05, 3.63) is 29.3 Å². The van der Waals surface area contributed by atoms with Crippen LogP contribution in [0.4, 0.5) is 0 Å². The molecule has 0 amide bonds. The maximum absolute atomic E-state index is 11.5. The van der Waals surface area contributed by atoms with E-state index in [-0.39, 0.29) is 6.42 Å². The number of aliphatic hydroxyl groups is 1. The van der Waals surface area contributed by atoms with Crippen molar-refractivity contribution in [3.8, 4) is 5.75 Å². The van der Waals surface area contributed by atoms with Gasteiger partial charge < -0.3 is 14.6 Å². The van der Waals surface area contributed by atoms with Gasteiger partial charge in [-0.3, -0.25) is 4.79 Å². The van der Waals surface area contributed by atoms with Crippen molar-refractivity contribution in [3.63, 3.8) is 0 Å². The molecule has 1 aromatic carbocycles. The molecule has 18 heavy (non-hydrogen) atoms.